The van der Waals surface area contributed by atoms with E-state index >= 15 is 0 Å². The smallest absolute Gasteiger partial charge is 0.340 e. The van der Waals surface area contributed by atoms with Gasteiger partial charge in [-0.3, -0.25) is 0 Å². The van der Waals surface area contributed by atoms with Gasteiger partial charge in [0.1, 0.15) is 5.82 Å². The van der Waals surface area contributed by atoms with Gasteiger partial charge in [-0.15, -0.1) is 0 Å². The molecular weight excluding hydrogens is 267 g/mol. The largest absolute Gasteiger partial charge is 0.479 e. The molecule has 0 spiro atoms. The Balaban J connectivity index is 2.17. The summed E-state index contributed by atoms with van der Waals surface area (Å²) in [5.41, 5.74) is -1.54. The Hall–Kier alpha value is -1.76. The maximum Gasteiger partial charge on any atom is 0.340 e. The van der Waals surface area contributed by atoms with Crippen molar-refractivity contribution in [3.05, 3.63) is 47.8 Å². The quantitative estimate of drug-likeness (QED) is 0.713. The number of aliphatic hydroxyl groups is 2. The number of aliphatic hydroxyl groups excluding tert-OH is 2. The Bertz CT molecular complexity index is 530. The zero-order valence-electron chi connectivity index (χ0n) is 10.6. The summed E-state index contributed by atoms with van der Waals surface area (Å²) in [4.78, 5) is 11.4. The van der Waals surface area contributed by atoms with Gasteiger partial charge in [-0.1, -0.05) is 24.3 Å². The fraction of sp³-hybridized carbons (Fsp3) is 0.357. The Labute approximate surface area is 114 Å². The molecule has 0 saturated carbocycles. The highest BCUT2D eigenvalue weighted by Crippen LogP contribution is 2.28. The third-order valence-electron chi connectivity index (χ3n) is 3.27. The Morgan fingerprint density at radius 2 is 2.10 bits per heavy atom. The van der Waals surface area contributed by atoms with Crippen molar-refractivity contribution in [1.82, 2.24) is 0 Å². The number of aliphatic carboxylic acids is 1. The first-order valence-corrected chi connectivity index (χ1v) is 6.11. The summed E-state index contributed by atoms with van der Waals surface area (Å²) in [6.45, 7) is -0.244. The summed E-state index contributed by atoms with van der Waals surface area (Å²) in [5, 5.41) is 28.2. The van der Waals surface area contributed by atoms with Gasteiger partial charge in [0, 0.05) is 12.0 Å². The Morgan fingerprint density at radius 3 is 2.70 bits per heavy atom. The summed E-state index contributed by atoms with van der Waals surface area (Å²) < 4.78 is 18.8. The summed E-state index contributed by atoms with van der Waals surface area (Å²) in [6.07, 6.45) is -0.303. The van der Waals surface area contributed by atoms with Crippen LogP contribution in [-0.4, -0.2) is 39.1 Å². The maximum absolute atomic E-state index is 13.5. The van der Waals surface area contributed by atoms with Crippen molar-refractivity contribution < 1.29 is 29.2 Å². The SMILES string of the molecule is O=C(O)[C@]1(OCc2ccccc2F)C=C[C@@H](O)C(O)C1. The first kappa shape index (κ1) is 14.6. The number of carboxylic acids is 1. The second kappa shape index (κ2) is 5.70. The van der Waals surface area contributed by atoms with E-state index in [9.17, 15) is 24.5 Å². The van der Waals surface area contributed by atoms with E-state index in [1.54, 1.807) is 6.07 Å². The second-order valence-electron chi connectivity index (χ2n) is 4.70. The Kier molecular flexibility index (Phi) is 4.17. The van der Waals surface area contributed by atoms with Gasteiger partial charge in [0.25, 0.3) is 0 Å². The van der Waals surface area contributed by atoms with E-state index in [0.29, 0.717) is 0 Å². The highest BCUT2D eigenvalue weighted by Gasteiger charge is 2.43. The molecule has 6 heteroatoms. The molecule has 0 bridgehead atoms. The minimum Gasteiger partial charge on any atom is -0.479 e. The van der Waals surface area contributed by atoms with E-state index in [-0.39, 0.29) is 18.6 Å². The fourth-order valence-electron chi connectivity index (χ4n) is 2.03. The highest BCUT2D eigenvalue weighted by atomic mass is 19.1. The molecule has 2 rings (SSSR count). The summed E-state index contributed by atoms with van der Waals surface area (Å²) in [6, 6.07) is 5.88. The molecule has 108 valence electrons. The predicted octanol–water partition coefficient (Wildman–Crippen LogP) is 0.847. The molecule has 3 atom stereocenters. The number of hydrogen-bond acceptors (Lipinski definition) is 4. The predicted molar refractivity (Wildman–Crippen MR) is 67.3 cm³/mol. The average molecular weight is 282 g/mol. The monoisotopic (exact) mass is 282 g/mol. The third-order valence-corrected chi connectivity index (χ3v) is 3.27. The van der Waals surface area contributed by atoms with Crippen molar-refractivity contribution in [3.63, 3.8) is 0 Å². The average Bonchev–Trinajstić information content (AvgIpc) is 2.41. The molecule has 0 aromatic heterocycles. The standard InChI is InChI=1S/C14H15FO5/c15-10-4-2-1-3-9(10)8-20-14(13(18)19)6-5-11(16)12(17)7-14/h1-6,11-12,16-17H,7-8H2,(H,18,19)/t11-,12?,14+/m1/s1. The van der Waals surface area contributed by atoms with Crippen LogP contribution in [0.25, 0.3) is 0 Å². The molecule has 0 radical (unpaired) electrons. The van der Waals surface area contributed by atoms with Crippen LogP contribution in [0.4, 0.5) is 4.39 Å². The number of halogens is 1. The van der Waals surface area contributed by atoms with Crippen LogP contribution in [0.1, 0.15) is 12.0 Å². The van der Waals surface area contributed by atoms with Gasteiger partial charge in [0.05, 0.1) is 18.8 Å². The maximum atomic E-state index is 13.5. The van der Waals surface area contributed by atoms with Crippen LogP contribution in [0.5, 0.6) is 0 Å². The summed E-state index contributed by atoms with van der Waals surface area (Å²) in [7, 11) is 0. The number of benzene rings is 1. The van der Waals surface area contributed by atoms with Gasteiger partial charge >= 0.3 is 5.97 Å². The molecule has 0 fully saturated rings. The lowest BCUT2D eigenvalue weighted by molar-refractivity contribution is -0.167. The molecule has 1 unspecified atom stereocenters. The van der Waals surface area contributed by atoms with Gasteiger partial charge in [-0.25, -0.2) is 9.18 Å². The molecule has 0 heterocycles. The van der Waals surface area contributed by atoms with E-state index in [0.717, 1.165) is 0 Å². The first-order valence-electron chi connectivity index (χ1n) is 6.11. The topological polar surface area (TPSA) is 87.0 Å². The van der Waals surface area contributed by atoms with Crippen LogP contribution in [0.2, 0.25) is 0 Å². The van der Waals surface area contributed by atoms with E-state index in [4.69, 9.17) is 4.74 Å². The molecule has 0 aliphatic heterocycles. The molecule has 5 nitrogen and oxygen atoms in total. The van der Waals surface area contributed by atoms with E-state index in [1.165, 1.54) is 30.4 Å². The van der Waals surface area contributed by atoms with Crippen LogP contribution >= 0.6 is 0 Å². The molecule has 1 aromatic carbocycles. The van der Waals surface area contributed by atoms with Gasteiger partial charge < -0.3 is 20.1 Å². The molecule has 1 aliphatic rings. The van der Waals surface area contributed by atoms with Crippen molar-refractivity contribution >= 4 is 5.97 Å². The normalized spacial score (nSPS) is 29.4. The van der Waals surface area contributed by atoms with Gasteiger partial charge in [-0.05, 0) is 12.1 Å². The molecule has 0 saturated heterocycles. The number of rotatable bonds is 4. The minimum atomic E-state index is -1.76. The first-order chi connectivity index (χ1) is 9.44. The van der Waals surface area contributed by atoms with Crippen LogP contribution in [0.15, 0.2) is 36.4 Å². The summed E-state index contributed by atoms with van der Waals surface area (Å²) in [5.74, 6) is -1.79. The van der Waals surface area contributed by atoms with E-state index < -0.39 is 29.6 Å². The zero-order chi connectivity index (χ0) is 14.8. The molecule has 0 amide bonds. The fourth-order valence-corrected chi connectivity index (χ4v) is 2.03. The molecule has 1 aliphatic carbocycles. The Morgan fingerprint density at radius 1 is 1.40 bits per heavy atom. The molecule has 1 aromatic rings. The van der Waals surface area contributed by atoms with Crippen molar-refractivity contribution in [3.8, 4) is 0 Å². The number of carboxylic acid groups (broad SMARTS) is 1. The van der Waals surface area contributed by atoms with Gasteiger partial charge in [-0.2, -0.15) is 0 Å². The van der Waals surface area contributed by atoms with Crippen LogP contribution < -0.4 is 0 Å². The van der Waals surface area contributed by atoms with Gasteiger partial charge in [0.15, 0.2) is 5.60 Å². The van der Waals surface area contributed by atoms with Crippen LogP contribution in [0.3, 0.4) is 0 Å². The lowest BCUT2D eigenvalue weighted by Gasteiger charge is -2.33. The van der Waals surface area contributed by atoms with Crippen LogP contribution in [0, 0.1) is 5.82 Å². The third kappa shape index (κ3) is 2.87. The van der Waals surface area contributed by atoms with E-state index in [1.807, 2.05) is 0 Å². The van der Waals surface area contributed by atoms with Crippen molar-refractivity contribution in [2.75, 3.05) is 0 Å². The summed E-state index contributed by atoms with van der Waals surface area (Å²) >= 11 is 0. The van der Waals surface area contributed by atoms with Gasteiger partial charge in [0.2, 0.25) is 0 Å². The van der Waals surface area contributed by atoms with Crippen molar-refractivity contribution in [2.24, 2.45) is 0 Å². The zero-order valence-corrected chi connectivity index (χ0v) is 10.6. The molecular formula is C14H15FO5. The lowest BCUT2D eigenvalue weighted by atomic mass is 9.87. The van der Waals surface area contributed by atoms with E-state index in [2.05, 4.69) is 0 Å². The second-order valence-corrected chi connectivity index (χ2v) is 4.70. The number of carbonyl (C=O) groups is 1. The number of ether oxygens (including phenoxy) is 1. The van der Waals surface area contributed by atoms with Crippen molar-refractivity contribution in [1.29, 1.82) is 0 Å². The molecule has 20 heavy (non-hydrogen) atoms. The molecule has 3 N–H and O–H groups in total. The minimum absolute atomic E-state index is 0.224. The lowest BCUT2D eigenvalue weighted by Crippen LogP contribution is -2.48. The highest BCUT2D eigenvalue weighted by molar-refractivity contribution is 5.80. The van der Waals surface area contributed by atoms with Crippen LogP contribution in [-0.2, 0) is 16.1 Å². The number of hydrogen-bond donors (Lipinski definition) is 3. The van der Waals surface area contributed by atoms with Crippen molar-refractivity contribution in [2.45, 2.75) is 30.8 Å².